The molecule has 0 unspecified atom stereocenters. The van der Waals surface area contributed by atoms with Crippen molar-refractivity contribution >= 4 is 11.9 Å². The molecule has 8 heteroatoms. The third-order valence-electron chi connectivity index (χ3n) is 4.50. The number of nitrogens with one attached hydrogen (secondary N) is 1. The molecule has 0 aliphatic rings. The van der Waals surface area contributed by atoms with Crippen molar-refractivity contribution in [2.24, 2.45) is 0 Å². The van der Waals surface area contributed by atoms with Gasteiger partial charge >= 0.3 is 5.97 Å². The molecule has 0 saturated heterocycles. The summed E-state index contributed by atoms with van der Waals surface area (Å²) < 4.78 is 9.47. The Morgan fingerprint density at radius 3 is 1.76 bits per heavy atom. The van der Waals surface area contributed by atoms with Crippen molar-refractivity contribution < 1.29 is 19.1 Å². The fraction of sp³-hybridized carbons (Fsp3) is 0.577. The van der Waals surface area contributed by atoms with Gasteiger partial charge in [-0.25, -0.2) is 19.7 Å². The highest BCUT2D eigenvalue weighted by molar-refractivity contribution is 5.75. The summed E-state index contributed by atoms with van der Waals surface area (Å²) in [5, 5.41) is 2.56. The number of nitrogens with zero attached hydrogens (tertiary/aromatic N) is 3. The van der Waals surface area contributed by atoms with Gasteiger partial charge in [-0.05, 0) is 43.4 Å². The molecule has 1 aromatic rings. The van der Waals surface area contributed by atoms with Crippen LogP contribution in [-0.2, 0) is 20.7 Å². The van der Waals surface area contributed by atoms with Crippen molar-refractivity contribution in [3.05, 3.63) is 64.1 Å². The standard InChI is InChI=1S/C10H11NO.C8H14N2O.C8H13NO2/c1-11-8-7-9-3-5-10(12-2)6-4-9;1-9-7-5-3-4-6-8(11)10-2;1-9-7-5-3-4-6-8(10)11-2/h3-6H,7-8H2,2H3;3-7H2,2H3,(H,10,11);3-7H2,2H3. The van der Waals surface area contributed by atoms with Gasteiger partial charge in [0.2, 0.25) is 25.5 Å². The maximum Gasteiger partial charge on any atom is 0.305 e. The van der Waals surface area contributed by atoms with E-state index < -0.39 is 0 Å². The number of hydrogen-bond acceptors (Lipinski definition) is 4. The minimum atomic E-state index is -0.159. The fourth-order valence-electron chi connectivity index (χ4n) is 2.49. The van der Waals surface area contributed by atoms with E-state index in [1.165, 1.54) is 12.7 Å². The predicted octanol–water partition coefficient (Wildman–Crippen LogP) is 5.01. The van der Waals surface area contributed by atoms with E-state index in [1.807, 2.05) is 24.3 Å². The lowest BCUT2D eigenvalue weighted by molar-refractivity contribution is -0.140. The molecule has 0 heterocycles. The number of esters is 1. The van der Waals surface area contributed by atoms with Crippen LogP contribution in [0.5, 0.6) is 5.75 Å². The molecule has 8 nitrogen and oxygen atoms in total. The minimum absolute atomic E-state index is 0.0906. The first kappa shape index (κ1) is 32.6. The number of rotatable bonds is 13. The summed E-state index contributed by atoms with van der Waals surface area (Å²) in [6.07, 6.45) is 7.36. The number of benzene rings is 1. The summed E-state index contributed by atoms with van der Waals surface area (Å²) in [4.78, 5) is 31.0. The second-order valence-corrected chi connectivity index (χ2v) is 7.11. The Balaban J connectivity index is 0. The lowest BCUT2D eigenvalue weighted by Gasteiger charge is -1.99. The van der Waals surface area contributed by atoms with Crippen molar-refractivity contribution in [3.8, 4) is 5.75 Å². The quantitative estimate of drug-likeness (QED) is 0.250. The molecular weight excluding hydrogens is 432 g/mol. The van der Waals surface area contributed by atoms with Crippen LogP contribution in [0.1, 0.15) is 56.9 Å². The molecule has 0 radical (unpaired) electrons. The van der Waals surface area contributed by atoms with Crippen LogP contribution in [0.15, 0.2) is 24.3 Å². The lowest BCUT2D eigenvalue weighted by atomic mass is 10.1. The number of unbranched alkanes of at least 4 members (excludes halogenated alkanes) is 4. The Morgan fingerprint density at radius 2 is 1.32 bits per heavy atom. The molecule has 0 spiro atoms. The van der Waals surface area contributed by atoms with Gasteiger partial charge in [-0.2, -0.15) is 0 Å². The molecule has 1 rings (SSSR count). The van der Waals surface area contributed by atoms with Gasteiger partial charge in [-0.3, -0.25) is 9.59 Å². The van der Waals surface area contributed by atoms with Crippen LogP contribution in [0.4, 0.5) is 0 Å². The average Bonchev–Trinajstić information content (AvgIpc) is 2.88. The van der Waals surface area contributed by atoms with E-state index in [0.29, 0.717) is 32.5 Å². The number of ether oxygens (including phenoxy) is 2. The largest absolute Gasteiger partial charge is 0.497 e. The predicted molar refractivity (Wildman–Crippen MR) is 134 cm³/mol. The van der Waals surface area contributed by atoms with Crippen LogP contribution in [0.2, 0.25) is 0 Å². The van der Waals surface area contributed by atoms with Crippen LogP contribution in [-0.4, -0.2) is 52.8 Å². The van der Waals surface area contributed by atoms with E-state index >= 15 is 0 Å². The SMILES string of the molecule is [C-]#[N+]CCCCCC(=O)NC.[C-]#[N+]CCCCCC(=O)OC.[C-]#[N+]CCc1ccc(OC)cc1. The van der Waals surface area contributed by atoms with Gasteiger partial charge in [-0.15, -0.1) is 0 Å². The van der Waals surface area contributed by atoms with E-state index in [-0.39, 0.29) is 11.9 Å². The first-order valence-corrected chi connectivity index (χ1v) is 11.4. The maximum absolute atomic E-state index is 10.7. The van der Waals surface area contributed by atoms with Crippen LogP contribution in [0.3, 0.4) is 0 Å². The Morgan fingerprint density at radius 1 is 0.794 bits per heavy atom. The highest BCUT2D eigenvalue weighted by atomic mass is 16.5. The van der Waals surface area contributed by atoms with Crippen LogP contribution < -0.4 is 10.1 Å². The molecule has 0 atom stereocenters. The Labute approximate surface area is 205 Å². The minimum Gasteiger partial charge on any atom is -0.497 e. The molecule has 0 bridgehead atoms. The van der Waals surface area contributed by atoms with Gasteiger partial charge in [-0.1, -0.05) is 12.1 Å². The summed E-state index contributed by atoms with van der Waals surface area (Å²) in [7, 11) is 4.68. The lowest BCUT2D eigenvalue weighted by Crippen LogP contribution is -2.16. The maximum atomic E-state index is 10.7. The van der Waals surface area contributed by atoms with Crippen LogP contribution in [0.25, 0.3) is 14.5 Å². The molecule has 186 valence electrons. The summed E-state index contributed by atoms with van der Waals surface area (Å²) >= 11 is 0. The third-order valence-corrected chi connectivity index (χ3v) is 4.50. The van der Waals surface area contributed by atoms with Crippen molar-refractivity contribution in [1.29, 1.82) is 0 Å². The highest BCUT2D eigenvalue weighted by Crippen LogP contribution is 2.11. The molecule has 1 N–H and O–H groups in total. The second kappa shape index (κ2) is 25.7. The Hall–Kier alpha value is -3.57. The van der Waals surface area contributed by atoms with Gasteiger partial charge in [0.15, 0.2) is 0 Å². The second-order valence-electron chi connectivity index (χ2n) is 7.11. The number of carbonyl (C=O) groups is 2. The topological polar surface area (TPSA) is 77.7 Å². The summed E-state index contributed by atoms with van der Waals surface area (Å²) in [6, 6.07) is 7.81. The van der Waals surface area contributed by atoms with Crippen molar-refractivity contribution in [1.82, 2.24) is 5.32 Å². The molecule has 0 saturated carbocycles. The third kappa shape index (κ3) is 23.1. The van der Waals surface area contributed by atoms with Crippen LogP contribution in [0, 0.1) is 19.7 Å². The zero-order chi connectivity index (χ0) is 25.9. The molecule has 1 amide bonds. The molecule has 0 fully saturated rings. The van der Waals surface area contributed by atoms with Gasteiger partial charge in [0.1, 0.15) is 5.75 Å². The molecule has 0 aliphatic carbocycles. The van der Waals surface area contributed by atoms with E-state index in [1.54, 1.807) is 14.2 Å². The highest BCUT2D eigenvalue weighted by Gasteiger charge is 1.99. The number of hydrogen-bond donors (Lipinski definition) is 1. The number of amides is 1. The molecule has 34 heavy (non-hydrogen) atoms. The monoisotopic (exact) mass is 470 g/mol. The van der Waals surface area contributed by atoms with Gasteiger partial charge in [0, 0.05) is 39.2 Å². The summed E-state index contributed by atoms with van der Waals surface area (Å²) in [5.41, 5.74) is 1.19. The fourth-order valence-corrected chi connectivity index (χ4v) is 2.49. The first-order valence-electron chi connectivity index (χ1n) is 11.4. The van der Waals surface area contributed by atoms with Gasteiger partial charge in [0.25, 0.3) is 0 Å². The van der Waals surface area contributed by atoms with Crippen molar-refractivity contribution in [3.63, 3.8) is 0 Å². The van der Waals surface area contributed by atoms with Gasteiger partial charge in [0.05, 0.1) is 14.2 Å². The van der Waals surface area contributed by atoms with E-state index in [9.17, 15) is 9.59 Å². The zero-order valence-electron chi connectivity index (χ0n) is 20.8. The molecular formula is C26H38N4O4. The normalized spacial score (nSPS) is 8.82. The first-order chi connectivity index (χ1) is 16.5. The van der Waals surface area contributed by atoms with Crippen molar-refractivity contribution in [2.75, 3.05) is 40.9 Å². The van der Waals surface area contributed by atoms with Crippen molar-refractivity contribution in [2.45, 2.75) is 57.8 Å². The van der Waals surface area contributed by atoms with E-state index in [2.05, 4.69) is 24.6 Å². The molecule has 0 aliphatic heterocycles. The molecule has 0 aromatic heterocycles. The molecule has 1 aromatic carbocycles. The van der Waals surface area contributed by atoms with E-state index in [4.69, 9.17) is 24.5 Å². The zero-order valence-corrected chi connectivity index (χ0v) is 20.8. The van der Waals surface area contributed by atoms with Gasteiger partial charge < -0.3 is 29.3 Å². The van der Waals surface area contributed by atoms with Crippen LogP contribution >= 0.6 is 0 Å². The summed E-state index contributed by atoms with van der Waals surface area (Å²) in [6.45, 7) is 21.4. The number of carbonyl (C=O) groups excluding carboxylic acids is 2. The smallest absolute Gasteiger partial charge is 0.305 e. The van der Waals surface area contributed by atoms with E-state index in [0.717, 1.165) is 50.7 Å². The average molecular weight is 471 g/mol. The summed E-state index contributed by atoms with van der Waals surface area (Å²) in [5.74, 6) is 0.794. The Bertz CT molecular complexity index is 738. The Kier molecular flexibility index (Phi) is 24.6. The number of methoxy groups -OCH3 is 2.